The average Bonchev–Trinajstić information content (AvgIpc) is 2.49. The Morgan fingerprint density at radius 2 is 2.29 bits per heavy atom. The van der Waals surface area contributed by atoms with Gasteiger partial charge in [-0.15, -0.1) is 0 Å². The van der Waals surface area contributed by atoms with Gasteiger partial charge in [-0.05, 0) is 34.5 Å². The second-order valence-electron chi connectivity index (χ2n) is 4.99. The van der Waals surface area contributed by atoms with Crippen LogP contribution in [0.2, 0.25) is 0 Å². The van der Waals surface area contributed by atoms with Gasteiger partial charge < -0.3 is 15.2 Å². The van der Waals surface area contributed by atoms with Crippen LogP contribution in [0.15, 0.2) is 34.9 Å². The summed E-state index contributed by atoms with van der Waals surface area (Å²) < 4.78 is 6.37. The molecule has 0 bridgehead atoms. The molecule has 1 unspecified atom stereocenters. The van der Waals surface area contributed by atoms with E-state index in [0.29, 0.717) is 19.8 Å². The first-order chi connectivity index (χ1) is 10.2. The number of anilines is 1. The molecule has 0 aliphatic heterocycles. The summed E-state index contributed by atoms with van der Waals surface area (Å²) in [6.45, 7) is 3.63. The van der Waals surface area contributed by atoms with E-state index in [1.165, 1.54) is 0 Å². The van der Waals surface area contributed by atoms with Crippen LogP contribution < -0.4 is 5.32 Å². The first-order valence-corrected chi connectivity index (χ1v) is 8.04. The molecule has 0 radical (unpaired) electrons. The minimum absolute atomic E-state index is 0.358. The Labute approximate surface area is 133 Å². The summed E-state index contributed by atoms with van der Waals surface area (Å²) >= 11 is 3.42. The van der Waals surface area contributed by atoms with Crippen molar-refractivity contribution in [2.75, 3.05) is 25.1 Å². The molecular weight excluding hydrogens is 332 g/mol. The van der Waals surface area contributed by atoms with Gasteiger partial charge >= 0.3 is 0 Å². The van der Waals surface area contributed by atoms with E-state index in [2.05, 4.69) is 33.2 Å². The fourth-order valence-corrected chi connectivity index (χ4v) is 2.38. The van der Waals surface area contributed by atoms with Gasteiger partial charge in [-0.25, -0.2) is 0 Å². The third-order valence-electron chi connectivity index (χ3n) is 3.16. The zero-order valence-electron chi connectivity index (χ0n) is 12.2. The van der Waals surface area contributed by atoms with E-state index in [9.17, 15) is 5.11 Å². The van der Waals surface area contributed by atoms with Gasteiger partial charge in [0.25, 0.3) is 0 Å². The number of unbranched alkanes of at least 4 members (excludes halogenated alkanes) is 1. The number of nitrogens with one attached hydrogen (secondary N) is 1. The SMILES string of the molecule is CCCCOCC(O)CNc1cccc2cc(Br)cnc12. The Kier molecular flexibility index (Phi) is 6.42. The fourth-order valence-electron chi connectivity index (χ4n) is 2.03. The van der Waals surface area contributed by atoms with Crippen molar-refractivity contribution in [1.82, 2.24) is 4.98 Å². The highest BCUT2D eigenvalue weighted by Gasteiger charge is 2.07. The largest absolute Gasteiger partial charge is 0.389 e. The van der Waals surface area contributed by atoms with Crippen molar-refractivity contribution in [1.29, 1.82) is 0 Å². The molecule has 1 aromatic carbocycles. The van der Waals surface area contributed by atoms with Crippen LogP contribution in [0, 0.1) is 0 Å². The molecule has 2 aromatic rings. The number of benzene rings is 1. The zero-order valence-corrected chi connectivity index (χ0v) is 13.8. The Hall–Kier alpha value is -1.17. The van der Waals surface area contributed by atoms with Gasteiger partial charge in [-0.1, -0.05) is 25.5 Å². The zero-order chi connectivity index (χ0) is 15.1. The molecule has 1 atom stereocenters. The lowest BCUT2D eigenvalue weighted by molar-refractivity contribution is 0.0422. The van der Waals surface area contributed by atoms with Crippen molar-refractivity contribution >= 4 is 32.5 Å². The molecule has 0 amide bonds. The molecule has 2 rings (SSSR count). The van der Waals surface area contributed by atoms with Crippen molar-refractivity contribution in [3.05, 3.63) is 34.9 Å². The molecule has 21 heavy (non-hydrogen) atoms. The van der Waals surface area contributed by atoms with Crippen LogP contribution in [0.1, 0.15) is 19.8 Å². The van der Waals surface area contributed by atoms with Crippen LogP contribution in [0.25, 0.3) is 10.9 Å². The molecule has 1 heterocycles. The number of halogens is 1. The molecule has 4 nitrogen and oxygen atoms in total. The summed E-state index contributed by atoms with van der Waals surface area (Å²) in [5.74, 6) is 0. The van der Waals surface area contributed by atoms with Crippen LogP contribution >= 0.6 is 15.9 Å². The number of aliphatic hydroxyl groups excluding tert-OH is 1. The molecule has 0 aliphatic rings. The van der Waals surface area contributed by atoms with Crippen LogP contribution in [-0.4, -0.2) is 36.0 Å². The Morgan fingerprint density at radius 1 is 1.43 bits per heavy atom. The number of pyridine rings is 1. The quantitative estimate of drug-likeness (QED) is 0.713. The third kappa shape index (κ3) is 4.95. The van der Waals surface area contributed by atoms with Crippen molar-refractivity contribution in [3.63, 3.8) is 0 Å². The normalized spacial score (nSPS) is 12.5. The van der Waals surface area contributed by atoms with E-state index in [1.54, 1.807) is 6.20 Å². The van der Waals surface area contributed by atoms with Gasteiger partial charge in [-0.2, -0.15) is 0 Å². The van der Waals surface area contributed by atoms with Crippen LogP contribution in [0.5, 0.6) is 0 Å². The summed E-state index contributed by atoms with van der Waals surface area (Å²) in [6.07, 6.45) is 3.39. The first-order valence-electron chi connectivity index (χ1n) is 7.24. The van der Waals surface area contributed by atoms with Crippen molar-refractivity contribution in [2.45, 2.75) is 25.9 Å². The number of hydrogen-bond acceptors (Lipinski definition) is 4. The van der Waals surface area contributed by atoms with E-state index < -0.39 is 6.10 Å². The molecule has 5 heteroatoms. The number of ether oxygens (including phenoxy) is 1. The fraction of sp³-hybridized carbons (Fsp3) is 0.438. The predicted octanol–water partition coefficient (Wildman–Crippen LogP) is 3.59. The second-order valence-corrected chi connectivity index (χ2v) is 5.91. The lowest BCUT2D eigenvalue weighted by Crippen LogP contribution is -2.25. The van der Waals surface area contributed by atoms with Crippen LogP contribution in [0.4, 0.5) is 5.69 Å². The van der Waals surface area contributed by atoms with Crippen molar-refractivity contribution in [2.24, 2.45) is 0 Å². The van der Waals surface area contributed by atoms with Crippen LogP contribution in [-0.2, 0) is 4.74 Å². The lowest BCUT2D eigenvalue weighted by Gasteiger charge is -2.14. The van der Waals surface area contributed by atoms with E-state index in [0.717, 1.165) is 33.9 Å². The molecular formula is C16H21BrN2O2. The lowest BCUT2D eigenvalue weighted by atomic mass is 10.2. The van der Waals surface area contributed by atoms with Gasteiger partial charge in [0.2, 0.25) is 0 Å². The summed E-state index contributed by atoms with van der Waals surface area (Å²) in [5.41, 5.74) is 1.83. The molecule has 0 saturated carbocycles. The van der Waals surface area contributed by atoms with Crippen LogP contribution in [0.3, 0.4) is 0 Å². The highest BCUT2D eigenvalue weighted by molar-refractivity contribution is 9.10. The van der Waals surface area contributed by atoms with E-state index in [-0.39, 0.29) is 0 Å². The van der Waals surface area contributed by atoms with E-state index in [4.69, 9.17) is 4.74 Å². The number of hydrogen-bond donors (Lipinski definition) is 2. The topological polar surface area (TPSA) is 54.4 Å². The van der Waals surface area contributed by atoms with E-state index >= 15 is 0 Å². The second kappa shape index (κ2) is 8.32. The minimum atomic E-state index is -0.521. The third-order valence-corrected chi connectivity index (χ3v) is 3.59. The van der Waals surface area contributed by atoms with Gasteiger partial charge in [0.1, 0.15) is 0 Å². The molecule has 0 spiro atoms. The van der Waals surface area contributed by atoms with Gasteiger partial charge in [0.05, 0.1) is 23.9 Å². The number of aliphatic hydroxyl groups is 1. The van der Waals surface area contributed by atoms with Crippen molar-refractivity contribution < 1.29 is 9.84 Å². The molecule has 0 saturated heterocycles. The maximum atomic E-state index is 9.91. The Bertz CT molecular complexity index is 577. The highest BCUT2D eigenvalue weighted by Crippen LogP contribution is 2.23. The smallest absolute Gasteiger partial charge is 0.0945 e. The maximum absolute atomic E-state index is 9.91. The van der Waals surface area contributed by atoms with Crippen molar-refractivity contribution in [3.8, 4) is 0 Å². The number of para-hydroxylation sites is 1. The highest BCUT2D eigenvalue weighted by atomic mass is 79.9. The molecule has 1 aromatic heterocycles. The monoisotopic (exact) mass is 352 g/mol. The summed E-state index contributed by atoms with van der Waals surface area (Å²) in [5, 5.41) is 14.2. The average molecular weight is 353 g/mol. The number of aromatic nitrogens is 1. The number of rotatable bonds is 8. The Morgan fingerprint density at radius 3 is 3.10 bits per heavy atom. The molecule has 0 aliphatic carbocycles. The molecule has 2 N–H and O–H groups in total. The van der Waals surface area contributed by atoms with E-state index in [1.807, 2.05) is 24.3 Å². The number of fused-ring (bicyclic) bond motifs is 1. The van der Waals surface area contributed by atoms with Gasteiger partial charge in [0.15, 0.2) is 0 Å². The maximum Gasteiger partial charge on any atom is 0.0945 e. The van der Waals surface area contributed by atoms with Gasteiger partial charge in [0, 0.05) is 29.2 Å². The summed E-state index contributed by atoms with van der Waals surface area (Å²) in [6, 6.07) is 7.98. The molecule has 114 valence electrons. The first kappa shape index (κ1) is 16.2. The Balaban J connectivity index is 1.91. The minimum Gasteiger partial charge on any atom is -0.389 e. The summed E-state index contributed by atoms with van der Waals surface area (Å²) in [4.78, 5) is 4.42. The summed E-state index contributed by atoms with van der Waals surface area (Å²) in [7, 11) is 0. The van der Waals surface area contributed by atoms with Gasteiger partial charge in [-0.3, -0.25) is 4.98 Å². The predicted molar refractivity (Wildman–Crippen MR) is 89.7 cm³/mol. The number of nitrogens with zero attached hydrogens (tertiary/aromatic N) is 1. The standard InChI is InChI=1S/C16H21BrN2O2/c1-2-3-7-21-11-14(20)10-18-15-6-4-5-12-8-13(17)9-19-16(12)15/h4-6,8-9,14,18,20H,2-3,7,10-11H2,1H3. The molecule has 0 fully saturated rings.